The molecule has 0 N–H and O–H groups in total. The molecule has 0 aliphatic heterocycles. The number of rotatable bonds is 3. The second-order valence-corrected chi connectivity index (χ2v) is 6.53. The van der Waals surface area contributed by atoms with Crippen LogP contribution in [-0.4, -0.2) is 15.5 Å². The molecule has 0 unspecified atom stereocenters. The molecule has 0 spiro atoms. The van der Waals surface area contributed by atoms with Gasteiger partial charge in [0, 0.05) is 18.5 Å². The maximum Gasteiger partial charge on any atom is 0.118 e. The Balaban J connectivity index is 2.68. The molecular weight excluding hydrogens is 204 g/mol. The zero-order valence-electron chi connectivity index (χ0n) is 10.7. The quantitative estimate of drug-likeness (QED) is 0.732. The molecular formula is C12H22N2S. The van der Waals surface area contributed by atoms with Gasteiger partial charge in [-0.2, -0.15) is 5.10 Å². The summed E-state index contributed by atoms with van der Waals surface area (Å²) in [5.74, 6) is 1.66. The Morgan fingerprint density at radius 1 is 1.40 bits per heavy atom. The fraction of sp³-hybridized carbons (Fsp3) is 0.750. The van der Waals surface area contributed by atoms with Crippen LogP contribution in [0.15, 0.2) is 11.1 Å². The summed E-state index contributed by atoms with van der Waals surface area (Å²) in [4.78, 5) is 0. The highest BCUT2D eigenvalue weighted by atomic mass is 32.2. The van der Waals surface area contributed by atoms with Crippen LogP contribution in [0.4, 0.5) is 0 Å². The average Bonchev–Trinajstić information content (AvgIpc) is 2.42. The molecule has 0 aliphatic carbocycles. The zero-order chi connectivity index (χ0) is 11.6. The molecule has 0 aromatic carbocycles. The molecule has 0 saturated heterocycles. The Kier molecular flexibility index (Phi) is 3.87. The Labute approximate surface area is 97.4 Å². The van der Waals surface area contributed by atoms with E-state index in [1.807, 2.05) is 23.5 Å². The van der Waals surface area contributed by atoms with Crippen LogP contribution in [0.5, 0.6) is 0 Å². The van der Waals surface area contributed by atoms with E-state index in [0.29, 0.717) is 11.3 Å². The first-order chi connectivity index (χ1) is 6.79. The van der Waals surface area contributed by atoms with Crippen molar-refractivity contribution in [3.8, 4) is 0 Å². The summed E-state index contributed by atoms with van der Waals surface area (Å²) in [7, 11) is 2.02. The van der Waals surface area contributed by atoms with Crippen LogP contribution in [0.1, 0.15) is 46.2 Å². The van der Waals surface area contributed by atoms with E-state index in [9.17, 15) is 0 Å². The maximum absolute atomic E-state index is 4.51. The van der Waals surface area contributed by atoms with Crippen molar-refractivity contribution in [3.63, 3.8) is 0 Å². The molecule has 2 nitrogen and oxygen atoms in total. The van der Waals surface area contributed by atoms with Gasteiger partial charge in [0.15, 0.2) is 0 Å². The van der Waals surface area contributed by atoms with Crippen molar-refractivity contribution in [2.24, 2.45) is 12.5 Å². The van der Waals surface area contributed by atoms with Gasteiger partial charge < -0.3 is 0 Å². The third-order valence-electron chi connectivity index (χ3n) is 2.14. The minimum Gasteiger partial charge on any atom is -0.271 e. The number of nitrogens with zero attached hydrogens (tertiary/aromatic N) is 2. The third kappa shape index (κ3) is 3.90. The lowest BCUT2D eigenvalue weighted by atomic mass is 10.0. The van der Waals surface area contributed by atoms with Crippen molar-refractivity contribution >= 4 is 11.8 Å². The Hall–Kier alpha value is -0.440. The SMILES string of the molecule is CC(C)c1cc(SCC(C)(C)C)nn1C. The van der Waals surface area contributed by atoms with Crippen LogP contribution < -0.4 is 0 Å². The van der Waals surface area contributed by atoms with Gasteiger partial charge >= 0.3 is 0 Å². The molecule has 1 aromatic heterocycles. The molecule has 3 heteroatoms. The topological polar surface area (TPSA) is 17.8 Å². The highest BCUT2D eigenvalue weighted by Crippen LogP contribution is 2.27. The molecule has 0 fully saturated rings. The van der Waals surface area contributed by atoms with Gasteiger partial charge in [-0.3, -0.25) is 4.68 Å². The van der Waals surface area contributed by atoms with Crippen molar-refractivity contribution in [1.82, 2.24) is 9.78 Å². The molecule has 0 saturated carbocycles. The largest absolute Gasteiger partial charge is 0.271 e. The lowest BCUT2D eigenvalue weighted by Crippen LogP contribution is -2.08. The summed E-state index contributed by atoms with van der Waals surface area (Å²) in [5, 5.41) is 5.66. The van der Waals surface area contributed by atoms with Gasteiger partial charge in [-0.25, -0.2) is 0 Å². The number of thioether (sulfide) groups is 1. The molecule has 0 amide bonds. The van der Waals surface area contributed by atoms with E-state index in [0.717, 1.165) is 10.8 Å². The van der Waals surface area contributed by atoms with Gasteiger partial charge in [0.25, 0.3) is 0 Å². The average molecular weight is 226 g/mol. The normalized spacial score (nSPS) is 12.5. The standard InChI is InChI=1S/C12H22N2S/c1-9(2)10-7-11(13-14(10)6)15-8-12(3,4)5/h7,9H,8H2,1-6H3. The first-order valence-electron chi connectivity index (χ1n) is 5.46. The van der Waals surface area contributed by atoms with E-state index in [2.05, 4.69) is 45.8 Å². The van der Waals surface area contributed by atoms with Crippen LogP contribution >= 0.6 is 11.8 Å². The molecule has 1 rings (SSSR count). The molecule has 0 radical (unpaired) electrons. The van der Waals surface area contributed by atoms with E-state index in [1.54, 1.807) is 0 Å². The maximum atomic E-state index is 4.51. The number of aromatic nitrogens is 2. The second kappa shape index (κ2) is 4.60. The number of hydrogen-bond donors (Lipinski definition) is 0. The summed E-state index contributed by atoms with van der Waals surface area (Å²) in [5.41, 5.74) is 1.67. The summed E-state index contributed by atoms with van der Waals surface area (Å²) in [6.45, 7) is 11.2. The molecule has 0 aliphatic rings. The van der Waals surface area contributed by atoms with E-state index in [1.165, 1.54) is 5.69 Å². The Morgan fingerprint density at radius 3 is 2.40 bits per heavy atom. The van der Waals surface area contributed by atoms with Crippen LogP contribution in [0, 0.1) is 5.41 Å². The smallest absolute Gasteiger partial charge is 0.118 e. The monoisotopic (exact) mass is 226 g/mol. The summed E-state index contributed by atoms with van der Waals surface area (Å²) >= 11 is 1.85. The summed E-state index contributed by atoms with van der Waals surface area (Å²) < 4.78 is 2.00. The van der Waals surface area contributed by atoms with Gasteiger partial charge in [-0.05, 0) is 17.4 Å². The highest BCUT2D eigenvalue weighted by molar-refractivity contribution is 7.99. The van der Waals surface area contributed by atoms with Crippen molar-refractivity contribution in [1.29, 1.82) is 0 Å². The lowest BCUT2D eigenvalue weighted by molar-refractivity contribution is 0.480. The highest BCUT2D eigenvalue weighted by Gasteiger charge is 2.14. The third-order valence-corrected chi connectivity index (χ3v) is 3.64. The van der Waals surface area contributed by atoms with Crippen LogP contribution in [-0.2, 0) is 7.05 Å². The Bertz CT molecular complexity index is 321. The van der Waals surface area contributed by atoms with E-state index < -0.39 is 0 Å². The van der Waals surface area contributed by atoms with Gasteiger partial charge in [0.2, 0.25) is 0 Å². The fourth-order valence-electron chi connectivity index (χ4n) is 1.36. The van der Waals surface area contributed by atoms with Crippen molar-refractivity contribution in [2.45, 2.75) is 45.6 Å². The molecule has 86 valence electrons. The van der Waals surface area contributed by atoms with Gasteiger partial charge in [0.1, 0.15) is 5.03 Å². The first-order valence-corrected chi connectivity index (χ1v) is 6.45. The zero-order valence-corrected chi connectivity index (χ0v) is 11.5. The van der Waals surface area contributed by atoms with Gasteiger partial charge in [0.05, 0.1) is 0 Å². The van der Waals surface area contributed by atoms with Gasteiger partial charge in [-0.15, -0.1) is 11.8 Å². The van der Waals surface area contributed by atoms with Gasteiger partial charge in [-0.1, -0.05) is 34.6 Å². The van der Waals surface area contributed by atoms with Crippen LogP contribution in [0.2, 0.25) is 0 Å². The molecule has 15 heavy (non-hydrogen) atoms. The predicted molar refractivity (Wildman–Crippen MR) is 67.5 cm³/mol. The number of aryl methyl sites for hydroxylation is 1. The van der Waals surface area contributed by atoms with Crippen LogP contribution in [0.25, 0.3) is 0 Å². The Morgan fingerprint density at radius 2 is 2.00 bits per heavy atom. The molecule has 1 aromatic rings. The fourth-order valence-corrected chi connectivity index (χ4v) is 2.32. The lowest BCUT2D eigenvalue weighted by Gasteiger charge is -2.15. The van der Waals surface area contributed by atoms with Crippen molar-refractivity contribution < 1.29 is 0 Å². The van der Waals surface area contributed by atoms with Crippen molar-refractivity contribution in [3.05, 3.63) is 11.8 Å². The van der Waals surface area contributed by atoms with E-state index in [4.69, 9.17) is 0 Å². The van der Waals surface area contributed by atoms with E-state index >= 15 is 0 Å². The van der Waals surface area contributed by atoms with Crippen LogP contribution in [0.3, 0.4) is 0 Å². The minimum absolute atomic E-state index is 0.361. The predicted octanol–water partition coefficient (Wildman–Crippen LogP) is 3.68. The van der Waals surface area contributed by atoms with Crippen molar-refractivity contribution in [2.75, 3.05) is 5.75 Å². The molecule has 1 heterocycles. The minimum atomic E-state index is 0.361. The molecule has 0 bridgehead atoms. The second-order valence-electron chi connectivity index (χ2n) is 5.54. The summed E-state index contributed by atoms with van der Waals surface area (Å²) in [6.07, 6.45) is 0. The van der Waals surface area contributed by atoms with E-state index in [-0.39, 0.29) is 0 Å². The first kappa shape index (κ1) is 12.6. The number of hydrogen-bond acceptors (Lipinski definition) is 2. The summed E-state index contributed by atoms with van der Waals surface area (Å²) in [6, 6.07) is 2.21. The molecule has 0 atom stereocenters.